The minimum absolute atomic E-state index is 0.168. The van der Waals surface area contributed by atoms with E-state index in [0.717, 1.165) is 50.6 Å². The zero-order valence-electron chi connectivity index (χ0n) is 15.5. The number of amides is 1. The molecule has 0 aliphatic carbocycles. The minimum atomic E-state index is -0.168. The molecule has 1 aromatic heterocycles. The smallest absolute Gasteiger partial charge is 0.271 e. The SMILES string of the molecule is Cc1cc(Cl)ccc1OCn1ccc(C(=O)NCCCN2CCOCC2)n1. The van der Waals surface area contributed by atoms with Crippen LogP contribution in [0, 0.1) is 6.92 Å². The number of benzene rings is 1. The molecule has 1 N–H and O–H groups in total. The average molecular weight is 393 g/mol. The second-order valence-corrected chi connectivity index (χ2v) is 6.92. The van der Waals surface area contributed by atoms with Gasteiger partial charge in [-0.25, -0.2) is 4.68 Å². The molecule has 3 rings (SSSR count). The van der Waals surface area contributed by atoms with Gasteiger partial charge < -0.3 is 14.8 Å². The van der Waals surface area contributed by atoms with Crippen molar-refractivity contribution >= 4 is 17.5 Å². The van der Waals surface area contributed by atoms with E-state index < -0.39 is 0 Å². The fourth-order valence-corrected chi connectivity index (χ4v) is 3.11. The lowest BCUT2D eigenvalue weighted by molar-refractivity contribution is 0.0374. The van der Waals surface area contributed by atoms with Crippen LogP contribution in [0.5, 0.6) is 5.75 Å². The maximum atomic E-state index is 12.2. The lowest BCUT2D eigenvalue weighted by Gasteiger charge is -2.26. The summed E-state index contributed by atoms with van der Waals surface area (Å²) in [6.07, 6.45) is 2.64. The molecule has 1 saturated heterocycles. The van der Waals surface area contributed by atoms with E-state index in [9.17, 15) is 4.79 Å². The zero-order valence-corrected chi connectivity index (χ0v) is 16.2. The van der Waals surface area contributed by atoms with Crippen LogP contribution >= 0.6 is 11.6 Å². The van der Waals surface area contributed by atoms with Gasteiger partial charge in [0.05, 0.1) is 13.2 Å². The number of hydrogen-bond acceptors (Lipinski definition) is 5. The first-order valence-corrected chi connectivity index (χ1v) is 9.50. The van der Waals surface area contributed by atoms with Gasteiger partial charge in [0.2, 0.25) is 0 Å². The Morgan fingerprint density at radius 2 is 2.15 bits per heavy atom. The number of carbonyl (C=O) groups excluding carboxylic acids is 1. The van der Waals surface area contributed by atoms with Gasteiger partial charge in [-0.05, 0) is 49.7 Å². The third-order valence-electron chi connectivity index (χ3n) is 4.40. The maximum absolute atomic E-state index is 12.2. The number of aromatic nitrogens is 2. The molecule has 0 unspecified atom stereocenters. The quantitative estimate of drug-likeness (QED) is 0.698. The monoisotopic (exact) mass is 392 g/mol. The number of ether oxygens (including phenoxy) is 2. The molecule has 1 amide bonds. The first-order valence-electron chi connectivity index (χ1n) is 9.12. The third-order valence-corrected chi connectivity index (χ3v) is 4.64. The number of halogens is 1. The first-order chi connectivity index (χ1) is 13.1. The van der Waals surface area contributed by atoms with Crippen LogP contribution in [-0.4, -0.2) is 60.0 Å². The molecule has 2 heterocycles. The van der Waals surface area contributed by atoms with Crippen molar-refractivity contribution < 1.29 is 14.3 Å². The normalized spacial score (nSPS) is 14.9. The van der Waals surface area contributed by atoms with E-state index in [4.69, 9.17) is 21.1 Å². The van der Waals surface area contributed by atoms with E-state index in [0.29, 0.717) is 17.3 Å². The highest BCUT2D eigenvalue weighted by molar-refractivity contribution is 6.30. The fraction of sp³-hybridized carbons (Fsp3) is 0.474. The molecule has 1 aromatic carbocycles. The molecule has 0 spiro atoms. The summed E-state index contributed by atoms with van der Waals surface area (Å²) in [4.78, 5) is 14.5. The van der Waals surface area contributed by atoms with Gasteiger partial charge in [-0.15, -0.1) is 0 Å². The molecule has 2 aromatic rings. The van der Waals surface area contributed by atoms with Gasteiger partial charge in [0.1, 0.15) is 11.4 Å². The summed E-state index contributed by atoms with van der Waals surface area (Å²) in [5, 5.41) is 7.85. The van der Waals surface area contributed by atoms with Gasteiger partial charge in [-0.2, -0.15) is 5.10 Å². The summed E-state index contributed by atoms with van der Waals surface area (Å²) < 4.78 is 12.7. The zero-order chi connectivity index (χ0) is 19.1. The topological polar surface area (TPSA) is 68.6 Å². The lowest BCUT2D eigenvalue weighted by atomic mass is 10.2. The molecule has 7 nitrogen and oxygen atoms in total. The Labute approximate surface area is 164 Å². The Kier molecular flexibility index (Phi) is 7.09. The van der Waals surface area contributed by atoms with Crippen molar-refractivity contribution in [1.29, 1.82) is 0 Å². The molecule has 8 heteroatoms. The van der Waals surface area contributed by atoms with E-state index in [1.807, 2.05) is 19.1 Å². The molecule has 27 heavy (non-hydrogen) atoms. The van der Waals surface area contributed by atoms with Crippen LogP contribution in [-0.2, 0) is 11.5 Å². The number of nitrogens with zero attached hydrogens (tertiary/aromatic N) is 3. The average Bonchev–Trinajstić information content (AvgIpc) is 3.14. The van der Waals surface area contributed by atoms with Crippen LogP contribution in [0.15, 0.2) is 30.5 Å². The Morgan fingerprint density at radius 3 is 2.93 bits per heavy atom. The van der Waals surface area contributed by atoms with Gasteiger partial charge >= 0.3 is 0 Å². The summed E-state index contributed by atoms with van der Waals surface area (Å²) in [7, 11) is 0. The van der Waals surface area contributed by atoms with Crippen molar-refractivity contribution in [2.24, 2.45) is 0 Å². The predicted octanol–water partition coefficient (Wildman–Crippen LogP) is 2.33. The molecule has 0 radical (unpaired) electrons. The van der Waals surface area contributed by atoms with Gasteiger partial charge in [0, 0.05) is 30.9 Å². The summed E-state index contributed by atoms with van der Waals surface area (Å²) in [5.41, 5.74) is 1.34. The highest BCUT2D eigenvalue weighted by Gasteiger charge is 2.12. The van der Waals surface area contributed by atoms with Crippen molar-refractivity contribution in [3.63, 3.8) is 0 Å². The number of aryl methyl sites for hydroxylation is 1. The number of carbonyl (C=O) groups is 1. The van der Waals surface area contributed by atoms with Gasteiger partial charge in [0.25, 0.3) is 5.91 Å². The van der Waals surface area contributed by atoms with Crippen LogP contribution in [0.3, 0.4) is 0 Å². The Morgan fingerprint density at radius 1 is 1.33 bits per heavy atom. The lowest BCUT2D eigenvalue weighted by Crippen LogP contribution is -2.38. The molecular formula is C19H25ClN4O3. The van der Waals surface area contributed by atoms with Gasteiger partial charge in [-0.3, -0.25) is 9.69 Å². The van der Waals surface area contributed by atoms with Crippen molar-refractivity contribution in [2.45, 2.75) is 20.1 Å². The molecule has 1 aliphatic rings. The minimum Gasteiger partial charge on any atom is -0.471 e. The van der Waals surface area contributed by atoms with E-state index in [-0.39, 0.29) is 12.6 Å². The van der Waals surface area contributed by atoms with Crippen molar-refractivity contribution in [3.05, 3.63) is 46.7 Å². The van der Waals surface area contributed by atoms with Crippen molar-refractivity contribution in [3.8, 4) is 5.75 Å². The van der Waals surface area contributed by atoms with E-state index >= 15 is 0 Å². The second kappa shape index (κ2) is 9.73. The molecular weight excluding hydrogens is 368 g/mol. The van der Waals surface area contributed by atoms with Crippen molar-refractivity contribution in [1.82, 2.24) is 20.0 Å². The number of hydrogen-bond donors (Lipinski definition) is 1. The Bertz CT molecular complexity index is 759. The Balaban J connectivity index is 1.40. The van der Waals surface area contributed by atoms with E-state index in [1.54, 1.807) is 23.0 Å². The number of nitrogens with one attached hydrogen (secondary N) is 1. The predicted molar refractivity (Wildman–Crippen MR) is 103 cm³/mol. The van der Waals surface area contributed by atoms with Crippen LogP contribution in [0.2, 0.25) is 5.02 Å². The summed E-state index contributed by atoms with van der Waals surface area (Å²) in [6.45, 7) is 7.27. The van der Waals surface area contributed by atoms with Gasteiger partial charge in [0.15, 0.2) is 6.73 Å². The Hall–Kier alpha value is -2.09. The number of morpholine rings is 1. The molecule has 0 atom stereocenters. The molecule has 146 valence electrons. The summed E-state index contributed by atoms with van der Waals surface area (Å²) in [5.74, 6) is 0.572. The standard InChI is InChI=1S/C19H25ClN4O3/c1-15-13-16(20)3-4-18(15)27-14-24-8-5-17(22-24)19(25)21-6-2-7-23-9-11-26-12-10-23/h3-5,8,13H,2,6-7,9-12,14H2,1H3,(H,21,25). The highest BCUT2D eigenvalue weighted by atomic mass is 35.5. The molecule has 0 saturated carbocycles. The van der Waals surface area contributed by atoms with Crippen molar-refractivity contribution in [2.75, 3.05) is 39.4 Å². The highest BCUT2D eigenvalue weighted by Crippen LogP contribution is 2.22. The fourth-order valence-electron chi connectivity index (χ4n) is 2.89. The van der Waals surface area contributed by atoms with Crippen LogP contribution < -0.4 is 10.1 Å². The van der Waals surface area contributed by atoms with E-state index in [1.165, 1.54) is 0 Å². The number of rotatable bonds is 8. The molecule has 0 bridgehead atoms. The summed E-state index contributed by atoms with van der Waals surface area (Å²) >= 11 is 5.94. The van der Waals surface area contributed by atoms with Crippen LogP contribution in [0.4, 0.5) is 0 Å². The maximum Gasteiger partial charge on any atom is 0.271 e. The third kappa shape index (κ3) is 5.95. The first kappa shape index (κ1) is 19.7. The second-order valence-electron chi connectivity index (χ2n) is 6.49. The van der Waals surface area contributed by atoms with Gasteiger partial charge in [-0.1, -0.05) is 11.6 Å². The largest absolute Gasteiger partial charge is 0.471 e. The summed E-state index contributed by atoms with van der Waals surface area (Å²) in [6, 6.07) is 7.14. The molecule has 1 aliphatic heterocycles. The van der Waals surface area contributed by atoms with E-state index in [2.05, 4.69) is 15.3 Å². The van der Waals surface area contributed by atoms with Crippen LogP contribution in [0.25, 0.3) is 0 Å². The molecule has 1 fully saturated rings. The van der Waals surface area contributed by atoms with Crippen LogP contribution in [0.1, 0.15) is 22.5 Å².